The minimum atomic E-state index is -2.37. The summed E-state index contributed by atoms with van der Waals surface area (Å²) in [5.74, 6) is 2.66. The van der Waals surface area contributed by atoms with Gasteiger partial charge in [-0.25, -0.2) is 0 Å². The average Bonchev–Trinajstić information content (AvgIpc) is 3.10. The molecule has 4 saturated carbocycles. The molecule has 0 N–H and O–H groups in total. The van der Waals surface area contributed by atoms with Crippen molar-refractivity contribution in [1.82, 2.24) is 0 Å². The van der Waals surface area contributed by atoms with Gasteiger partial charge in [-0.3, -0.25) is 0 Å². The van der Waals surface area contributed by atoms with Crippen LogP contribution in [0.3, 0.4) is 0 Å². The van der Waals surface area contributed by atoms with Gasteiger partial charge in [-0.05, 0) is 125 Å². The molecule has 1 unspecified atom stereocenters. The Hall–Kier alpha value is -4.02. The number of benzene rings is 5. The van der Waals surface area contributed by atoms with E-state index in [0.29, 0.717) is 0 Å². The third-order valence-corrected chi connectivity index (χ3v) is 18.5. The summed E-state index contributed by atoms with van der Waals surface area (Å²) in [5, 5.41) is 4.73. The predicted molar refractivity (Wildman–Crippen MR) is 211 cm³/mol. The van der Waals surface area contributed by atoms with Gasteiger partial charge in [0.05, 0.1) is 0 Å². The maximum Gasteiger partial charge on any atom is 0.251 e. The van der Waals surface area contributed by atoms with Crippen molar-refractivity contribution in [1.29, 1.82) is 0 Å². The van der Waals surface area contributed by atoms with Crippen LogP contribution in [0.2, 0.25) is 6.55 Å². The molecule has 4 bridgehead atoms. The highest BCUT2D eigenvalue weighted by Crippen LogP contribution is 2.60. The summed E-state index contributed by atoms with van der Waals surface area (Å²) in [6.07, 6.45) is 8.44. The highest BCUT2D eigenvalue weighted by molar-refractivity contribution is 7.21. The van der Waals surface area contributed by atoms with Crippen LogP contribution in [0.4, 0.5) is 28.4 Å². The molecule has 242 valence electrons. The molecule has 3 heterocycles. The van der Waals surface area contributed by atoms with E-state index < -0.39 is 8.07 Å². The zero-order valence-corrected chi connectivity index (χ0v) is 30.3. The van der Waals surface area contributed by atoms with Crippen molar-refractivity contribution in [2.45, 2.75) is 76.8 Å². The van der Waals surface area contributed by atoms with Crippen molar-refractivity contribution in [3.63, 3.8) is 0 Å². The molecule has 2 nitrogen and oxygen atoms in total. The summed E-state index contributed by atoms with van der Waals surface area (Å²) in [5.41, 5.74) is 13.4. The lowest BCUT2D eigenvalue weighted by Crippen LogP contribution is -2.84. The second-order valence-electron chi connectivity index (χ2n) is 17.7. The molecule has 4 fully saturated rings. The second-order valence-corrected chi connectivity index (χ2v) is 21.6. The highest BCUT2D eigenvalue weighted by Gasteiger charge is 2.59. The number of hydrogen-bond acceptors (Lipinski definition) is 2. The van der Waals surface area contributed by atoms with Crippen molar-refractivity contribution in [3.05, 3.63) is 115 Å². The molecule has 1 atom stereocenters. The summed E-state index contributed by atoms with van der Waals surface area (Å²) in [6, 6.07) is 43.1. The van der Waals surface area contributed by atoms with Gasteiger partial charge < -0.3 is 9.80 Å². The molecule has 0 amide bonds. The largest absolute Gasteiger partial charge is 0.336 e. The summed E-state index contributed by atoms with van der Waals surface area (Å²) in [7, 11) is -2.37. The Kier molecular flexibility index (Phi) is 5.64. The topological polar surface area (TPSA) is 6.48 Å². The molecule has 5 aromatic rings. The van der Waals surface area contributed by atoms with Crippen molar-refractivity contribution in [2.75, 3.05) is 9.80 Å². The lowest BCUT2D eigenvalue weighted by Gasteiger charge is -2.63. The zero-order chi connectivity index (χ0) is 32.9. The van der Waals surface area contributed by atoms with Crippen LogP contribution < -0.4 is 41.7 Å². The Morgan fingerprint density at radius 2 is 1.10 bits per heavy atom. The molecule has 4 aliphatic carbocycles. The molecular weight excluding hydrogens is 607 g/mol. The third-order valence-electron chi connectivity index (χ3n) is 14.0. The maximum atomic E-state index is 2.98. The predicted octanol–water partition coefficient (Wildman–Crippen LogP) is 7.12. The van der Waals surface area contributed by atoms with Gasteiger partial charge in [0.25, 0.3) is 6.71 Å². The van der Waals surface area contributed by atoms with Crippen LogP contribution in [0.1, 0.15) is 64.9 Å². The molecule has 12 rings (SSSR count). The summed E-state index contributed by atoms with van der Waals surface area (Å²) in [4.78, 5) is 5.61. The molecule has 3 aliphatic heterocycles. The Balaban J connectivity index is 1.24. The van der Waals surface area contributed by atoms with Gasteiger partial charge in [-0.1, -0.05) is 110 Å². The lowest BCUT2D eigenvalue weighted by atomic mass is 9.33. The normalized spacial score (nSPS) is 28.2. The molecular formula is C45H45BN2Si. The standard InChI is InChI=1S/C45H45BN2Si/c1-44(2,3)32-19-21-33(22-20-32)47-35-13-8-15-37-41(35)46-42-36(47)14-9-17-39(42)49(4,34-11-6-5-7-12-34)40-18-10-16-38(43(40)46)48(37)45-26-29-23-30(27-45)25-31(24-29)28-45/h5-22,29-31H,23-28H2,1-4H3. The van der Waals surface area contributed by atoms with Gasteiger partial charge in [0.1, 0.15) is 8.07 Å². The number of rotatable bonds is 3. The average molecular weight is 653 g/mol. The fraction of sp³-hybridized carbons (Fsp3) is 0.333. The van der Waals surface area contributed by atoms with Gasteiger partial charge in [0.2, 0.25) is 0 Å². The van der Waals surface area contributed by atoms with Crippen molar-refractivity contribution >= 4 is 75.2 Å². The van der Waals surface area contributed by atoms with E-state index in [0.717, 1.165) is 17.8 Å². The fourth-order valence-corrected chi connectivity index (χ4v) is 16.6. The van der Waals surface area contributed by atoms with Crippen LogP contribution >= 0.6 is 0 Å². The van der Waals surface area contributed by atoms with Crippen molar-refractivity contribution in [2.24, 2.45) is 17.8 Å². The van der Waals surface area contributed by atoms with Crippen molar-refractivity contribution < 1.29 is 0 Å². The summed E-state index contributed by atoms with van der Waals surface area (Å²) in [6.45, 7) is 9.85. The van der Waals surface area contributed by atoms with Crippen LogP contribution in [0.25, 0.3) is 0 Å². The number of hydrogen-bond donors (Lipinski definition) is 0. The van der Waals surface area contributed by atoms with E-state index in [4.69, 9.17) is 0 Å². The van der Waals surface area contributed by atoms with Crippen LogP contribution in [-0.2, 0) is 5.41 Å². The first-order valence-electron chi connectivity index (χ1n) is 18.9. The van der Waals surface area contributed by atoms with Gasteiger partial charge in [0.15, 0.2) is 0 Å². The Morgan fingerprint density at radius 3 is 1.69 bits per heavy atom. The fourth-order valence-electron chi connectivity index (χ4n) is 12.4. The Bertz CT molecular complexity index is 2150. The highest BCUT2D eigenvalue weighted by atomic mass is 28.3. The first kappa shape index (κ1) is 28.8. The third kappa shape index (κ3) is 3.69. The van der Waals surface area contributed by atoms with Gasteiger partial charge in [0, 0.05) is 34.0 Å². The SMILES string of the molecule is CC(C)(C)c1ccc(N2c3cccc4c3B3c5c2cccc5[Si](C)(c2ccccc2)c2cccc(c23)N4C23CC4CC(CC(C4)C2)C3)cc1. The van der Waals surface area contributed by atoms with Crippen LogP contribution in [-0.4, -0.2) is 20.3 Å². The van der Waals surface area contributed by atoms with Crippen LogP contribution in [0.5, 0.6) is 0 Å². The minimum Gasteiger partial charge on any atom is -0.336 e. The van der Waals surface area contributed by atoms with Gasteiger partial charge in [-0.2, -0.15) is 0 Å². The zero-order valence-electron chi connectivity index (χ0n) is 29.3. The minimum absolute atomic E-state index is 0.116. The van der Waals surface area contributed by atoms with Crippen molar-refractivity contribution in [3.8, 4) is 0 Å². The molecule has 0 aromatic heterocycles. The Morgan fingerprint density at radius 1 is 0.592 bits per heavy atom. The summed E-state index contributed by atoms with van der Waals surface area (Å²) < 4.78 is 0. The monoisotopic (exact) mass is 652 g/mol. The molecule has 7 aliphatic rings. The van der Waals surface area contributed by atoms with E-state index >= 15 is 0 Å². The molecule has 0 spiro atoms. The molecule has 0 radical (unpaired) electrons. The molecule has 0 saturated heterocycles. The van der Waals surface area contributed by atoms with E-state index in [1.54, 1.807) is 26.8 Å². The van der Waals surface area contributed by atoms with E-state index in [2.05, 4.69) is 146 Å². The molecule has 4 heteroatoms. The van der Waals surface area contributed by atoms with E-state index in [1.165, 1.54) is 77.7 Å². The first-order chi connectivity index (χ1) is 23.7. The van der Waals surface area contributed by atoms with Crippen LogP contribution in [0.15, 0.2) is 109 Å². The quantitative estimate of drug-likeness (QED) is 0.188. The lowest BCUT2D eigenvalue weighted by molar-refractivity contribution is 0.000642. The van der Waals surface area contributed by atoms with Gasteiger partial charge in [-0.15, -0.1) is 0 Å². The molecule has 5 aromatic carbocycles. The smallest absolute Gasteiger partial charge is 0.251 e. The van der Waals surface area contributed by atoms with E-state index in [1.807, 2.05) is 0 Å². The van der Waals surface area contributed by atoms with E-state index in [9.17, 15) is 0 Å². The Labute approximate surface area is 293 Å². The first-order valence-corrected chi connectivity index (χ1v) is 21.4. The second kappa shape index (κ2) is 9.60. The number of anilines is 5. The maximum absolute atomic E-state index is 2.98. The number of nitrogens with zero attached hydrogens (tertiary/aromatic N) is 2. The van der Waals surface area contributed by atoms with Gasteiger partial charge >= 0.3 is 0 Å². The van der Waals surface area contributed by atoms with E-state index in [-0.39, 0.29) is 17.7 Å². The molecule has 49 heavy (non-hydrogen) atoms. The van der Waals surface area contributed by atoms with Crippen LogP contribution in [0, 0.1) is 17.8 Å². The summed E-state index contributed by atoms with van der Waals surface area (Å²) >= 11 is 0.